The molecule has 88 valence electrons. The van der Waals surface area contributed by atoms with Gasteiger partial charge in [-0.3, -0.25) is 0 Å². The molecule has 17 heavy (non-hydrogen) atoms. The van der Waals surface area contributed by atoms with Crippen LogP contribution in [0.1, 0.15) is 12.8 Å². The largest absolute Gasteiger partial charge is 0.504 e. The lowest BCUT2D eigenvalue weighted by Gasteiger charge is -1.98. The smallest absolute Gasteiger partial charge is 0.322 e. The highest BCUT2D eigenvalue weighted by Crippen LogP contribution is 2.30. The van der Waals surface area contributed by atoms with E-state index in [1.807, 2.05) is 0 Å². The van der Waals surface area contributed by atoms with Crippen LogP contribution < -0.4 is 5.32 Å². The lowest BCUT2D eigenvalue weighted by molar-refractivity contribution is 0.404. The molecule has 0 aliphatic heterocycles. The number of hydrogen-bond donors (Lipinski definition) is 3. The lowest BCUT2D eigenvalue weighted by Crippen LogP contribution is -2.00. The number of nitrogens with zero attached hydrogens (tertiary/aromatic N) is 2. The fourth-order valence-electron chi connectivity index (χ4n) is 1.46. The van der Waals surface area contributed by atoms with Crippen LogP contribution in [-0.4, -0.2) is 26.4 Å². The van der Waals surface area contributed by atoms with Gasteiger partial charge in [-0.25, -0.2) is 0 Å². The molecule has 1 saturated carbocycles. The summed E-state index contributed by atoms with van der Waals surface area (Å²) in [5.41, 5.74) is 0.591. The molecule has 0 spiro atoms. The summed E-state index contributed by atoms with van der Waals surface area (Å²) in [4.78, 5) is 4.15. The van der Waals surface area contributed by atoms with Gasteiger partial charge < -0.3 is 20.1 Å². The highest BCUT2D eigenvalue weighted by atomic mass is 16.5. The first-order valence-electron chi connectivity index (χ1n) is 5.35. The molecule has 0 saturated heterocycles. The van der Waals surface area contributed by atoms with Gasteiger partial charge in [0, 0.05) is 11.6 Å². The highest BCUT2D eigenvalue weighted by Gasteiger charge is 2.23. The molecule has 3 rings (SSSR count). The zero-order valence-electron chi connectivity index (χ0n) is 8.92. The van der Waals surface area contributed by atoms with E-state index in [-0.39, 0.29) is 11.5 Å². The predicted molar refractivity (Wildman–Crippen MR) is 59.7 cm³/mol. The van der Waals surface area contributed by atoms with Crippen LogP contribution >= 0.6 is 0 Å². The molecule has 1 fully saturated rings. The molecule has 0 radical (unpaired) electrons. The van der Waals surface area contributed by atoms with Gasteiger partial charge in [0.2, 0.25) is 5.82 Å². The number of rotatable bonds is 3. The molecule has 1 heterocycles. The first-order chi connectivity index (χ1) is 8.22. The van der Waals surface area contributed by atoms with Crippen LogP contribution in [0, 0.1) is 0 Å². The maximum absolute atomic E-state index is 9.37. The van der Waals surface area contributed by atoms with Crippen LogP contribution in [0.4, 0.5) is 6.01 Å². The average molecular weight is 233 g/mol. The second-order valence-corrected chi connectivity index (χ2v) is 4.05. The van der Waals surface area contributed by atoms with Crippen molar-refractivity contribution in [2.45, 2.75) is 18.9 Å². The van der Waals surface area contributed by atoms with Crippen LogP contribution in [0.2, 0.25) is 0 Å². The van der Waals surface area contributed by atoms with E-state index in [2.05, 4.69) is 15.5 Å². The third kappa shape index (κ3) is 2.01. The van der Waals surface area contributed by atoms with Crippen molar-refractivity contribution in [3.63, 3.8) is 0 Å². The number of aromatic hydroxyl groups is 2. The second-order valence-electron chi connectivity index (χ2n) is 4.05. The van der Waals surface area contributed by atoms with E-state index in [4.69, 9.17) is 4.52 Å². The fraction of sp³-hybridized carbons (Fsp3) is 0.273. The highest BCUT2D eigenvalue weighted by molar-refractivity contribution is 5.60. The topological polar surface area (TPSA) is 91.4 Å². The van der Waals surface area contributed by atoms with E-state index in [9.17, 15) is 10.2 Å². The Balaban J connectivity index is 1.86. The summed E-state index contributed by atoms with van der Waals surface area (Å²) < 4.78 is 5.02. The number of nitrogens with one attached hydrogen (secondary N) is 1. The van der Waals surface area contributed by atoms with E-state index < -0.39 is 0 Å². The quantitative estimate of drug-likeness (QED) is 0.699. The number of phenolic OH excluding ortho intramolecular Hbond substituents is 2. The van der Waals surface area contributed by atoms with E-state index in [1.165, 1.54) is 12.1 Å². The van der Waals surface area contributed by atoms with E-state index in [1.54, 1.807) is 6.07 Å². The first kappa shape index (κ1) is 9.95. The molecule has 6 nitrogen and oxygen atoms in total. The van der Waals surface area contributed by atoms with Gasteiger partial charge >= 0.3 is 6.01 Å². The fourth-order valence-corrected chi connectivity index (χ4v) is 1.46. The van der Waals surface area contributed by atoms with E-state index in [0.29, 0.717) is 23.4 Å². The van der Waals surface area contributed by atoms with E-state index >= 15 is 0 Å². The molecular formula is C11H11N3O3. The summed E-state index contributed by atoms with van der Waals surface area (Å²) >= 11 is 0. The Labute approximate surface area is 96.9 Å². The second kappa shape index (κ2) is 3.65. The molecule has 0 unspecified atom stereocenters. The van der Waals surface area contributed by atoms with Crippen molar-refractivity contribution < 1.29 is 14.7 Å². The Morgan fingerprint density at radius 3 is 2.76 bits per heavy atom. The van der Waals surface area contributed by atoms with Gasteiger partial charge in [0.25, 0.3) is 0 Å². The predicted octanol–water partition coefficient (Wildman–Crippen LogP) is 1.72. The summed E-state index contributed by atoms with van der Waals surface area (Å²) in [7, 11) is 0. The van der Waals surface area contributed by atoms with Crippen molar-refractivity contribution in [1.29, 1.82) is 0 Å². The Morgan fingerprint density at radius 1 is 1.24 bits per heavy atom. The van der Waals surface area contributed by atoms with E-state index in [0.717, 1.165) is 12.8 Å². The molecule has 1 aliphatic rings. The van der Waals surface area contributed by atoms with Crippen molar-refractivity contribution in [2.75, 3.05) is 5.32 Å². The Hall–Kier alpha value is -2.24. The molecule has 1 aromatic carbocycles. The Bertz CT molecular complexity index is 549. The number of hydrogen-bond acceptors (Lipinski definition) is 6. The number of anilines is 1. The maximum Gasteiger partial charge on any atom is 0.322 e. The Morgan fingerprint density at radius 2 is 2.06 bits per heavy atom. The summed E-state index contributed by atoms with van der Waals surface area (Å²) in [6.07, 6.45) is 2.25. The van der Waals surface area contributed by atoms with Crippen LogP contribution in [0.25, 0.3) is 11.4 Å². The number of benzene rings is 1. The molecular weight excluding hydrogens is 222 g/mol. The van der Waals surface area contributed by atoms with Crippen molar-refractivity contribution in [2.24, 2.45) is 0 Å². The van der Waals surface area contributed by atoms with Gasteiger partial charge in [-0.15, -0.1) is 0 Å². The summed E-state index contributed by atoms with van der Waals surface area (Å²) in [5, 5.41) is 25.4. The first-order valence-corrected chi connectivity index (χ1v) is 5.35. The monoisotopic (exact) mass is 233 g/mol. The van der Waals surface area contributed by atoms with Crippen molar-refractivity contribution in [3.8, 4) is 22.9 Å². The van der Waals surface area contributed by atoms with Crippen LogP contribution in [0.5, 0.6) is 11.5 Å². The minimum Gasteiger partial charge on any atom is -0.504 e. The third-order valence-electron chi connectivity index (χ3n) is 2.56. The zero-order chi connectivity index (χ0) is 11.8. The molecule has 0 atom stereocenters. The van der Waals surface area contributed by atoms with Gasteiger partial charge in [0.1, 0.15) is 0 Å². The standard InChI is InChI=1S/C11H11N3O3/c15-8-4-1-6(5-9(8)16)10-13-11(17-14-10)12-7-2-3-7/h1,4-5,7,15-16H,2-3H2,(H,12,13,14). The van der Waals surface area contributed by atoms with Gasteiger partial charge in [0.05, 0.1) is 0 Å². The van der Waals surface area contributed by atoms with Gasteiger partial charge in [-0.1, -0.05) is 5.16 Å². The SMILES string of the molecule is Oc1ccc(-c2noc(NC3CC3)n2)cc1O. The minimum absolute atomic E-state index is 0.173. The van der Waals surface area contributed by atoms with Crippen molar-refractivity contribution >= 4 is 6.01 Å². The number of phenols is 2. The zero-order valence-corrected chi connectivity index (χ0v) is 8.92. The Kier molecular flexibility index (Phi) is 2.14. The molecule has 1 aliphatic carbocycles. The molecule has 3 N–H and O–H groups in total. The summed E-state index contributed by atoms with van der Waals surface area (Å²) in [6, 6.07) is 5.21. The molecule has 6 heteroatoms. The maximum atomic E-state index is 9.37. The normalized spacial score (nSPS) is 14.8. The minimum atomic E-state index is -0.205. The van der Waals surface area contributed by atoms with Crippen LogP contribution in [0.15, 0.2) is 22.7 Å². The molecule has 1 aromatic heterocycles. The average Bonchev–Trinajstić information content (AvgIpc) is 2.99. The third-order valence-corrected chi connectivity index (χ3v) is 2.56. The van der Waals surface area contributed by atoms with Crippen molar-refractivity contribution in [3.05, 3.63) is 18.2 Å². The number of aromatic nitrogens is 2. The van der Waals surface area contributed by atoms with Gasteiger partial charge in [-0.2, -0.15) is 4.98 Å². The summed E-state index contributed by atoms with van der Waals surface area (Å²) in [6.45, 7) is 0. The summed E-state index contributed by atoms with van der Waals surface area (Å²) in [5.74, 6) is 0.000950. The lowest BCUT2D eigenvalue weighted by atomic mass is 10.2. The van der Waals surface area contributed by atoms with Crippen LogP contribution in [-0.2, 0) is 0 Å². The van der Waals surface area contributed by atoms with Crippen LogP contribution in [0.3, 0.4) is 0 Å². The molecule has 0 amide bonds. The van der Waals surface area contributed by atoms with Crippen molar-refractivity contribution in [1.82, 2.24) is 10.1 Å². The van der Waals surface area contributed by atoms with Gasteiger partial charge in [-0.05, 0) is 31.0 Å². The van der Waals surface area contributed by atoms with Gasteiger partial charge in [0.15, 0.2) is 11.5 Å². The molecule has 0 bridgehead atoms. The molecule has 2 aromatic rings.